The molecule has 0 amide bonds. The van der Waals surface area contributed by atoms with Crippen LogP contribution in [-0.4, -0.2) is 21.7 Å². The first-order valence-corrected chi connectivity index (χ1v) is 6.31. The molecule has 0 fully saturated rings. The van der Waals surface area contributed by atoms with Crippen molar-refractivity contribution in [3.63, 3.8) is 0 Å². The van der Waals surface area contributed by atoms with Gasteiger partial charge in [-0.15, -0.1) is 0 Å². The number of rotatable bonds is 5. The van der Waals surface area contributed by atoms with Crippen LogP contribution >= 0.6 is 23.2 Å². The van der Waals surface area contributed by atoms with E-state index < -0.39 is 0 Å². The molecule has 96 valence electrons. The van der Waals surface area contributed by atoms with E-state index >= 15 is 0 Å². The van der Waals surface area contributed by atoms with Crippen molar-refractivity contribution in [2.24, 2.45) is 0 Å². The number of pyridine rings is 1. The average molecular weight is 287 g/mol. The topological polar surface area (TPSA) is 63.8 Å². The molecule has 2 aromatic rings. The molecule has 0 spiro atoms. The third-order valence-corrected chi connectivity index (χ3v) is 2.69. The molecule has 0 atom stereocenters. The predicted octanol–water partition coefficient (Wildman–Crippen LogP) is 2.94. The normalized spacial score (nSPS) is 10.8. The van der Waals surface area contributed by atoms with Gasteiger partial charge in [0.2, 0.25) is 11.7 Å². The zero-order valence-electron chi connectivity index (χ0n) is 9.78. The van der Waals surface area contributed by atoms with Crippen molar-refractivity contribution in [1.82, 2.24) is 20.4 Å². The van der Waals surface area contributed by atoms with Gasteiger partial charge in [0.05, 0.1) is 16.6 Å². The summed E-state index contributed by atoms with van der Waals surface area (Å²) in [5.74, 6) is 0.872. The summed E-state index contributed by atoms with van der Waals surface area (Å²) in [5.41, 5.74) is 0.464. The molecular weight excluding hydrogens is 275 g/mol. The number of halogens is 2. The third kappa shape index (κ3) is 3.19. The van der Waals surface area contributed by atoms with E-state index in [9.17, 15) is 0 Å². The lowest BCUT2D eigenvalue weighted by Crippen LogP contribution is -2.13. The van der Waals surface area contributed by atoms with Crippen LogP contribution in [0.1, 0.15) is 19.2 Å². The van der Waals surface area contributed by atoms with Gasteiger partial charge < -0.3 is 9.84 Å². The summed E-state index contributed by atoms with van der Waals surface area (Å²) < 4.78 is 5.10. The van der Waals surface area contributed by atoms with Crippen molar-refractivity contribution in [3.05, 3.63) is 28.2 Å². The Balaban J connectivity index is 2.13. The summed E-state index contributed by atoms with van der Waals surface area (Å²) in [6.07, 6.45) is 2.54. The van der Waals surface area contributed by atoms with E-state index in [4.69, 9.17) is 27.7 Å². The predicted molar refractivity (Wildman–Crippen MR) is 69.5 cm³/mol. The maximum absolute atomic E-state index is 6.02. The van der Waals surface area contributed by atoms with Gasteiger partial charge in [-0.1, -0.05) is 35.3 Å². The second-order valence-electron chi connectivity index (χ2n) is 3.67. The summed E-state index contributed by atoms with van der Waals surface area (Å²) in [7, 11) is 0. The van der Waals surface area contributed by atoms with Crippen LogP contribution < -0.4 is 5.32 Å². The lowest BCUT2D eigenvalue weighted by Gasteiger charge is -1.97. The second kappa shape index (κ2) is 6.13. The minimum absolute atomic E-state index is 0.366. The lowest BCUT2D eigenvalue weighted by atomic mass is 10.3. The van der Waals surface area contributed by atoms with E-state index in [0.717, 1.165) is 13.0 Å². The van der Waals surface area contributed by atoms with Gasteiger partial charge in [-0.2, -0.15) is 4.98 Å². The quantitative estimate of drug-likeness (QED) is 0.856. The number of nitrogens with one attached hydrogen (secondary N) is 1. The van der Waals surface area contributed by atoms with Gasteiger partial charge >= 0.3 is 0 Å². The monoisotopic (exact) mass is 286 g/mol. The molecule has 0 radical (unpaired) electrons. The summed E-state index contributed by atoms with van der Waals surface area (Å²) >= 11 is 11.8. The fourth-order valence-electron chi connectivity index (χ4n) is 1.37. The first-order valence-electron chi connectivity index (χ1n) is 5.55. The molecule has 2 heterocycles. The van der Waals surface area contributed by atoms with Crippen molar-refractivity contribution >= 4 is 23.2 Å². The van der Waals surface area contributed by atoms with E-state index in [2.05, 4.69) is 27.4 Å². The smallest absolute Gasteiger partial charge is 0.240 e. The minimum atomic E-state index is 0.366. The summed E-state index contributed by atoms with van der Waals surface area (Å²) in [5, 5.41) is 7.88. The molecule has 5 nitrogen and oxygen atoms in total. The van der Waals surface area contributed by atoms with Gasteiger partial charge in [-0.3, -0.25) is 0 Å². The molecule has 7 heteroatoms. The molecule has 0 bridgehead atoms. The van der Waals surface area contributed by atoms with Crippen LogP contribution in [0.2, 0.25) is 10.0 Å². The first kappa shape index (κ1) is 13.3. The van der Waals surface area contributed by atoms with Crippen molar-refractivity contribution < 1.29 is 4.52 Å². The Morgan fingerprint density at radius 1 is 1.39 bits per heavy atom. The molecule has 0 saturated carbocycles. The Morgan fingerprint density at radius 2 is 2.22 bits per heavy atom. The Bertz CT molecular complexity index is 530. The molecule has 2 aromatic heterocycles. The van der Waals surface area contributed by atoms with Crippen LogP contribution in [0.5, 0.6) is 0 Å². The molecular formula is C11H12Cl2N4O. The molecule has 0 aliphatic rings. The standard InChI is InChI=1S/C11H12Cl2N4O/c1-2-3-14-6-9-16-11(17-18-9)10-8(13)4-7(12)5-15-10/h4-5,14H,2-3,6H2,1H3. The lowest BCUT2D eigenvalue weighted by molar-refractivity contribution is 0.368. The van der Waals surface area contributed by atoms with Crippen molar-refractivity contribution in [1.29, 1.82) is 0 Å². The van der Waals surface area contributed by atoms with Crippen LogP contribution in [-0.2, 0) is 6.54 Å². The highest BCUT2D eigenvalue weighted by molar-refractivity contribution is 6.35. The maximum Gasteiger partial charge on any atom is 0.240 e. The van der Waals surface area contributed by atoms with Crippen LogP contribution in [0.25, 0.3) is 11.5 Å². The van der Waals surface area contributed by atoms with E-state index in [1.807, 2.05) is 0 Å². The fraction of sp³-hybridized carbons (Fsp3) is 0.364. The molecule has 0 saturated heterocycles. The van der Waals surface area contributed by atoms with E-state index in [0.29, 0.717) is 34.0 Å². The first-order chi connectivity index (χ1) is 8.70. The van der Waals surface area contributed by atoms with Gasteiger partial charge in [-0.05, 0) is 19.0 Å². The van der Waals surface area contributed by atoms with Crippen molar-refractivity contribution in [2.45, 2.75) is 19.9 Å². The molecule has 0 aromatic carbocycles. The van der Waals surface area contributed by atoms with E-state index in [1.165, 1.54) is 6.20 Å². The third-order valence-electron chi connectivity index (χ3n) is 2.19. The SMILES string of the molecule is CCCNCc1nc(-c2ncc(Cl)cc2Cl)no1. The summed E-state index contributed by atoms with van der Waals surface area (Å²) in [6.45, 7) is 3.52. The van der Waals surface area contributed by atoms with Crippen LogP contribution in [0.3, 0.4) is 0 Å². The average Bonchev–Trinajstić information content (AvgIpc) is 2.78. The summed E-state index contributed by atoms with van der Waals surface area (Å²) in [4.78, 5) is 8.30. The highest BCUT2D eigenvalue weighted by Crippen LogP contribution is 2.25. The zero-order valence-corrected chi connectivity index (χ0v) is 11.3. The Kier molecular flexibility index (Phi) is 4.52. The Morgan fingerprint density at radius 3 is 2.94 bits per heavy atom. The van der Waals surface area contributed by atoms with Gasteiger partial charge in [0.25, 0.3) is 0 Å². The second-order valence-corrected chi connectivity index (χ2v) is 4.52. The van der Waals surface area contributed by atoms with Crippen molar-refractivity contribution in [2.75, 3.05) is 6.54 Å². The van der Waals surface area contributed by atoms with Gasteiger partial charge in [0.1, 0.15) is 5.69 Å². The van der Waals surface area contributed by atoms with Crippen molar-refractivity contribution in [3.8, 4) is 11.5 Å². The molecule has 0 aliphatic carbocycles. The maximum atomic E-state index is 6.02. The highest BCUT2D eigenvalue weighted by Gasteiger charge is 2.13. The van der Waals surface area contributed by atoms with Crippen LogP contribution in [0, 0.1) is 0 Å². The fourth-order valence-corrected chi connectivity index (χ4v) is 1.84. The van der Waals surface area contributed by atoms with Crippen LogP contribution in [0.15, 0.2) is 16.8 Å². The molecule has 0 aliphatic heterocycles. The molecule has 18 heavy (non-hydrogen) atoms. The molecule has 0 unspecified atom stereocenters. The zero-order chi connectivity index (χ0) is 13.0. The Hall–Kier alpha value is -1.17. The van der Waals surface area contributed by atoms with Crippen LogP contribution in [0.4, 0.5) is 0 Å². The molecule has 2 rings (SSSR count). The van der Waals surface area contributed by atoms with Gasteiger partial charge in [0.15, 0.2) is 0 Å². The molecule has 1 N–H and O–H groups in total. The largest absolute Gasteiger partial charge is 0.337 e. The number of hydrogen-bond acceptors (Lipinski definition) is 5. The summed E-state index contributed by atoms with van der Waals surface area (Å²) in [6, 6.07) is 1.59. The number of aromatic nitrogens is 3. The highest BCUT2D eigenvalue weighted by atomic mass is 35.5. The van der Waals surface area contributed by atoms with E-state index in [-0.39, 0.29) is 0 Å². The number of hydrogen-bond donors (Lipinski definition) is 1. The Labute approximate surface area is 115 Å². The minimum Gasteiger partial charge on any atom is -0.337 e. The van der Waals surface area contributed by atoms with E-state index in [1.54, 1.807) is 6.07 Å². The van der Waals surface area contributed by atoms with Gasteiger partial charge in [0, 0.05) is 6.20 Å². The number of nitrogens with zero attached hydrogens (tertiary/aromatic N) is 3. The van der Waals surface area contributed by atoms with Gasteiger partial charge in [-0.25, -0.2) is 4.98 Å².